The van der Waals surface area contributed by atoms with Gasteiger partial charge in [-0.1, -0.05) is 0 Å². The van der Waals surface area contributed by atoms with Crippen molar-refractivity contribution in [1.82, 2.24) is 0 Å². The minimum absolute atomic E-state index is 0. The van der Waals surface area contributed by atoms with E-state index in [2.05, 4.69) is 0 Å². The molecule has 0 atom stereocenters. The first-order valence-electron chi connectivity index (χ1n) is 0. The van der Waals surface area contributed by atoms with E-state index in [4.69, 9.17) is 0 Å². The van der Waals surface area contributed by atoms with Gasteiger partial charge in [-0.3, -0.25) is 0 Å². The summed E-state index contributed by atoms with van der Waals surface area (Å²) in [5.41, 5.74) is 0. The summed E-state index contributed by atoms with van der Waals surface area (Å²) in [6.45, 7) is 0. The first kappa shape index (κ1) is 214. The zero-order valence-corrected chi connectivity index (χ0v) is 7.74. The van der Waals surface area contributed by atoms with Gasteiger partial charge in [0.05, 0.1) is 0 Å². The van der Waals surface area contributed by atoms with Crippen LogP contribution >= 0.6 is 0 Å². The van der Waals surface area contributed by atoms with Crippen molar-refractivity contribution < 1.29 is 97.8 Å². The van der Waals surface area contributed by atoms with E-state index in [1.54, 1.807) is 0 Å². The number of halogens is 6. The molecule has 0 saturated heterocycles. The standard InChI is InChI=1S/6FH.Tm.Y/h6*1H;;/q;;;;;;2*+3/p-6. The van der Waals surface area contributed by atoms with Crippen LogP contribution < -0.4 is 28.2 Å². The van der Waals surface area contributed by atoms with Crippen LogP contribution in [0.25, 0.3) is 0 Å². The molecule has 0 N–H and O–H groups in total. The molecule has 0 aromatic carbocycles. The van der Waals surface area contributed by atoms with Gasteiger partial charge in [0.15, 0.2) is 0 Å². The summed E-state index contributed by atoms with van der Waals surface area (Å²) in [4.78, 5) is 0. The fraction of sp³-hybridized carbons (Fsp3) is 0. The first-order chi connectivity index (χ1) is 0. The molecular formula is F6TmY. The van der Waals surface area contributed by atoms with Gasteiger partial charge in [0.25, 0.3) is 0 Å². The topological polar surface area (TPSA) is 0 Å². The molecule has 0 aromatic rings. The minimum atomic E-state index is 0. The van der Waals surface area contributed by atoms with Gasteiger partial charge in [0.1, 0.15) is 0 Å². The predicted octanol–water partition coefficient (Wildman–Crippen LogP) is -18.0. The summed E-state index contributed by atoms with van der Waals surface area (Å²) in [5, 5.41) is 0. The Morgan fingerprint density at radius 1 is 0.375 bits per heavy atom. The molecule has 8 heteroatoms. The van der Waals surface area contributed by atoms with Gasteiger partial charge in [0.2, 0.25) is 0 Å². The first-order valence-corrected chi connectivity index (χ1v) is 0. The van der Waals surface area contributed by atoms with Crippen molar-refractivity contribution in [2.24, 2.45) is 0 Å². The quantitative estimate of drug-likeness (QED) is 0.371. The van der Waals surface area contributed by atoms with Crippen LogP contribution in [0.4, 0.5) is 0 Å². The molecule has 0 nitrogen and oxygen atoms in total. The van der Waals surface area contributed by atoms with Crippen LogP contribution in [0.15, 0.2) is 0 Å². The van der Waals surface area contributed by atoms with E-state index >= 15 is 0 Å². The molecule has 0 rings (SSSR count). The van der Waals surface area contributed by atoms with E-state index in [9.17, 15) is 0 Å². The zero-order valence-electron chi connectivity index (χ0n) is 3.12. The van der Waals surface area contributed by atoms with Gasteiger partial charge in [-0.15, -0.1) is 0 Å². The Kier molecular flexibility index (Phi) is 4080. The minimum Gasteiger partial charge on any atom is -1.00 e. The fourth-order valence-corrected chi connectivity index (χ4v) is 0. The third-order valence-electron chi connectivity index (χ3n) is 0. The van der Waals surface area contributed by atoms with Crippen molar-refractivity contribution >= 4 is 0 Å². The Bertz CT molecular complexity index is 8.49. The molecule has 0 unspecified atom stereocenters. The third-order valence-corrected chi connectivity index (χ3v) is 0. The van der Waals surface area contributed by atoms with Gasteiger partial charge < -0.3 is 28.2 Å². The molecule has 0 bridgehead atoms. The summed E-state index contributed by atoms with van der Waals surface area (Å²) in [5.74, 6) is 0. The van der Waals surface area contributed by atoms with Gasteiger partial charge in [-0.2, -0.15) is 0 Å². The predicted molar refractivity (Wildman–Crippen MR) is 0 cm³/mol. The maximum Gasteiger partial charge on any atom is 3.00 e. The SMILES string of the molecule is [F-].[F-].[F-].[F-].[F-].[F-].[Tm+3].[Y+3]. The molecule has 0 aliphatic heterocycles. The Morgan fingerprint density at radius 3 is 0.375 bits per heavy atom. The molecule has 0 amide bonds. The second-order valence-electron chi connectivity index (χ2n) is 0. The van der Waals surface area contributed by atoms with Crippen molar-refractivity contribution in [2.45, 2.75) is 0 Å². The van der Waals surface area contributed by atoms with E-state index in [1.807, 2.05) is 0 Å². The van der Waals surface area contributed by atoms with Crippen LogP contribution in [0, 0.1) is 36.9 Å². The maximum absolute atomic E-state index is 0. The van der Waals surface area contributed by atoms with E-state index < -0.39 is 0 Å². The summed E-state index contributed by atoms with van der Waals surface area (Å²) in [7, 11) is 0. The molecule has 0 aromatic heterocycles. The van der Waals surface area contributed by atoms with E-state index in [-0.39, 0.29) is 97.8 Å². The normalized spacial score (nSPS) is 0. The summed E-state index contributed by atoms with van der Waals surface area (Å²) >= 11 is 0. The molecule has 0 saturated carbocycles. The van der Waals surface area contributed by atoms with Crippen molar-refractivity contribution in [3.05, 3.63) is 0 Å². The number of hydrogen-bond acceptors (Lipinski definition) is 0. The molecule has 0 fully saturated rings. The molecule has 0 aliphatic carbocycles. The molecule has 0 spiro atoms. The Balaban J connectivity index is 0. The second-order valence-corrected chi connectivity index (χ2v) is 0. The molecule has 8 heavy (non-hydrogen) atoms. The Morgan fingerprint density at radius 2 is 0.375 bits per heavy atom. The van der Waals surface area contributed by atoms with Crippen LogP contribution in [0.1, 0.15) is 0 Å². The smallest absolute Gasteiger partial charge is 1.00 e. The zero-order chi connectivity index (χ0) is 0. The van der Waals surface area contributed by atoms with Crippen LogP contribution in [-0.2, 0) is 32.7 Å². The number of rotatable bonds is 0. The number of hydrogen-bond donors (Lipinski definition) is 0. The summed E-state index contributed by atoms with van der Waals surface area (Å²) in [6.07, 6.45) is 0. The maximum atomic E-state index is 0. The van der Waals surface area contributed by atoms with Crippen LogP contribution in [0.5, 0.6) is 0 Å². The monoisotopic (exact) mass is 372 g/mol. The van der Waals surface area contributed by atoms with Gasteiger partial charge in [-0.25, -0.2) is 0 Å². The van der Waals surface area contributed by atoms with Crippen molar-refractivity contribution in [3.63, 3.8) is 0 Å². The van der Waals surface area contributed by atoms with E-state index in [0.29, 0.717) is 0 Å². The summed E-state index contributed by atoms with van der Waals surface area (Å²) in [6, 6.07) is 0. The Labute approximate surface area is 96.4 Å². The molecule has 0 heterocycles. The fourth-order valence-electron chi connectivity index (χ4n) is 0. The van der Waals surface area contributed by atoms with Crippen molar-refractivity contribution in [2.75, 3.05) is 0 Å². The second kappa shape index (κ2) is 152. The van der Waals surface area contributed by atoms with Crippen LogP contribution in [0.3, 0.4) is 0 Å². The van der Waals surface area contributed by atoms with Gasteiger partial charge in [0, 0.05) is 0 Å². The van der Waals surface area contributed by atoms with Gasteiger partial charge in [-0.05, 0) is 0 Å². The average Bonchev–Trinajstić information content (AvgIpc) is 0. The molecular weight excluding hydrogens is 372 g/mol. The van der Waals surface area contributed by atoms with Crippen LogP contribution in [0.2, 0.25) is 0 Å². The van der Waals surface area contributed by atoms with Crippen molar-refractivity contribution in [3.8, 4) is 0 Å². The molecule has 0 radical (unpaired) electrons. The average molecular weight is 372 g/mol. The summed E-state index contributed by atoms with van der Waals surface area (Å²) < 4.78 is 0. The van der Waals surface area contributed by atoms with E-state index in [0.717, 1.165) is 0 Å². The van der Waals surface area contributed by atoms with Crippen LogP contribution in [-0.4, -0.2) is 0 Å². The Hall–Kier alpha value is 1.92. The molecule has 58 valence electrons. The van der Waals surface area contributed by atoms with Gasteiger partial charge >= 0.3 is 69.6 Å². The molecule has 0 aliphatic rings. The third kappa shape index (κ3) is 103. The largest absolute Gasteiger partial charge is 3.00 e. The van der Waals surface area contributed by atoms with E-state index in [1.165, 1.54) is 0 Å². The van der Waals surface area contributed by atoms with Crippen molar-refractivity contribution in [1.29, 1.82) is 0 Å².